The maximum atomic E-state index is 12.3. The van der Waals surface area contributed by atoms with Gasteiger partial charge in [0.1, 0.15) is 17.5 Å². The SMILES string of the molecule is CC(=O)[C@H]1[C@H](O)[C@@H](O)[C@@]2(O)[C@]1(C)CC[C@@H]1[C@@]3(C)CC[C@H](O)C[C@@H]3CC[C@]12O. The van der Waals surface area contributed by atoms with Crippen LogP contribution in [0.1, 0.15) is 65.7 Å². The summed E-state index contributed by atoms with van der Waals surface area (Å²) in [4.78, 5) is 12.3. The van der Waals surface area contributed by atoms with Crippen LogP contribution < -0.4 is 0 Å². The van der Waals surface area contributed by atoms with E-state index in [1.807, 2.05) is 0 Å². The molecule has 0 spiro atoms. The third-order valence-electron chi connectivity index (χ3n) is 9.45. The first kappa shape index (κ1) is 19.8. The standard InChI is InChI=1S/C21H34O6/c1-11(22)15-16(24)17(25)21(27)19(15,3)8-6-14-18(2)7-5-13(23)10-12(18)4-9-20(14,21)26/h12-17,23-27H,4-10H2,1-3H3/t12-,13-,14+,15-,16-,17+,18-,19+,20-,21+/m0/s1. The van der Waals surface area contributed by atoms with E-state index in [1.165, 1.54) is 6.92 Å². The quantitative estimate of drug-likeness (QED) is 0.457. The van der Waals surface area contributed by atoms with Gasteiger partial charge < -0.3 is 25.5 Å². The minimum absolute atomic E-state index is 0.234. The second-order valence-corrected chi connectivity index (χ2v) is 10.4. The number of rotatable bonds is 1. The van der Waals surface area contributed by atoms with E-state index in [-0.39, 0.29) is 29.1 Å². The van der Waals surface area contributed by atoms with Crippen molar-refractivity contribution in [2.45, 2.75) is 95.2 Å². The van der Waals surface area contributed by atoms with Crippen molar-refractivity contribution in [3.05, 3.63) is 0 Å². The average Bonchev–Trinajstić information content (AvgIpc) is 2.74. The molecule has 6 nitrogen and oxygen atoms in total. The maximum absolute atomic E-state index is 12.3. The first-order chi connectivity index (χ1) is 12.4. The average molecular weight is 382 g/mol. The molecule has 0 saturated heterocycles. The maximum Gasteiger partial charge on any atom is 0.136 e. The molecule has 0 heterocycles. The van der Waals surface area contributed by atoms with Crippen molar-refractivity contribution in [3.63, 3.8) is 0 Å². The molecule has 0 unspecified atom stereocenters. The summed E-state index contributed by atoms with van der Waals surface area (Å²) in [6.45, 7) is 5.27. The Morgan fingerprint density at radius 3 is 2.26 bits per heavy atom. The van der Waals surface area contributed by atoms with E-state index in [9.17, 15) is 30.3 Å². The van der Waals surface area contributed by atoms with Crippen LogP contribution >= 0.6 is 0 Å². The molecule has 0 aromatic heterocycles. The molecular weight excluding hydrogens is 348 g/mol. The van der Waals surface area contributed by atoms with Gasteiger partial charge in [0.05, 0.1) is 23.7 Å². The molecular formula is C21H34O6. The van der Waals surface area contributed by atoms with Gasteiger partial charge in [0.25, 0.3) is 0 Å². The number of fused-ring (bicyclic) bond motifs is 5. The smallest absolute Gasteiger partial charge is 0.136 e. The Morgan fingerprint density at radius 2 is 1.63 bits per heavy atom. The van der Waals surface area contributed by atoms with Crippen molar-refractivity contribution in [3.8, 4) is 0 Å². The minimum atomic E-state index is -1.93. The van der Waals surface area contributed by atoms with Gasteiger partial charge in [-0.15, -0.1) is 0 Å². The van der Waals surface area contributed by atoms with Gasteiger partial charge in [0.15, 0.2) is 0 Å². The van der Waals surface area contributed by atoms with Crippen molar-refractivity contribution in [1.29, 1.82) is 0 Å². The lowest BCUT2D eigenvalue weighted by molar-refractivity contribution is -0.317. The predicted molar refractivity (Wildman–Crippen MR) is 97.6 cm³/mol. The molecule has 5 N–H and O–H groups in total. The largest absolute Gasteiger partial charge is 0.393 e. The van der Waals surface area contributed by atoms with E-state index in [4.69, 9.17) is 0 Å². The van der Waals surface area contributed by atoms with Crippen molar-refractivity contribution in [1.82, 2.24) is 0 Å². The van der Waals surface area contributed by atoms with Crippen LogP contribution in [-0.2, 0) is 4.79 Å². The van der Waals surface area contributed by atoms with Crippen molar-refractivity contribution in [2.75, 3.05) is 0 Å². The Bertz CT molecular complexity index is 653. The monoisotopic (exact) mass is 382 g/mol. The number of hydrogen-bond acceptors (Lipinski definition) is 6. The van der Waals surface area contributed by atoms with Gasteiger partial charge in [-0.3, -0.25) is 4.79 Å². The normalized spacial score (nSPS) is 60.3. The van der Waals surface area contributed by atoms with Gasteiger partial charge in [-0.1, -0.05) is 13.8 Å². The fourth-order valence-corrected chi connectivity index (χ4v) is 8.05. The Hall–Kier alpha value is -0.530. The number of aliphatic hydroxyl groups is 5. The number of aliphatic hydroxyl groups excluding tert-OH is 3. The highest BCUT2D eigenvalue weighted by molar-refractivity contribution is 5.81. The summed E-state index contributed by atoms with van der Waals surface area (Å²) in [5.74, 6) is -1.11. The highest BCUT2D eigenvalue weighted by Crippen LogP contribution is 2.70. The predicted octanol–water partition coefficient (Wildman–Crippen LogP) is 0.767. The zero-order valence-electron chi connectivity index (χ0n) is 16.6. The van der Waals surface area contributed by atoms with Crippen LogP contribution in [0.2, 0.25) is 0 Å². The molecule has 27 heavy (non-hydrogen) atoms. The van der Waals surface area contributed by atoms with Gasteiger partial charge in [0, 0.05) is 5.41 Å². The molecule has 0 amide bonds. The van der Waals surface area contributed by atoms with Crippen molar-refractivity contribution >= 4 is 5.78 Å². The van der Waals surface area contributed by atoms with E-state index < -0.39 is 34.7 Å². The van der Waals surface area contributed by atoms with Gasteiger partial charge in [-0.05, 0) is 69.1 Å². The molecule has 10 atom stereocenters. The van der Waals surface area contributed by atoms with Crippen LogP contribution in [0.15, 0.2) is 0 Å². The van der Waals surface area contributed by atoms with Crippen LogP contribution in [0.25, 0.3) is 0 Å². The van der Waals surface area contributed by atoms with E-state index in [0.29, 0.717) is 38.5 Å². The van der Waals surface area contributed by atoms with E-state index in [0.717, 1.165) is 6.42 Å². The van der Waals surface area contributed by atoms with Gasteiger partial charge >= 0.3 is 0 Å². The molecule has 4 aliphatic rings. The number of Topliss-reactive ketones (excluding diaryl/α,β-unsaturated/α-hetero) is 1. The van der Waals surface area contributed by atoms with Crippen LogP contribution in [0.5, 0.6) is 0 Å². The second kappa shape index (κ2) is 5.76. The summed E-state index contributed by atoms with van der Waals surface area (Å²) in [6.07, 6.45) is 0.993. The first-order valence-electron chi connectivity index (χ1n) is 10.4. The summed E-state index contributed by atoms with van der Waals surface area (Å²) < 4.78 is 0. The van der Waals surface area contributed by atoms with Gasteiger partial charge in [-0.25, -0.2) is 0 Å². The van der Waals surface area contributed by atoms with Crippen molar-refractivity contribution < 1.29 is 30.3 Å². The minimum Gasteiger partial charge on any atom is -0.393 e. The molecule has 154 valence electrons. The first-order valence-corrected chi connectivity index (χ1v) is 10.4. The fraction of sp³-hybridized carbons (Fsp3) is 0.952. The van der Waals surface area contributed by atoms with Crippen LogP contribution in [0, 0.1) is 28.6 Å². The Kier molecular flexibility index (Phi) is 4.22. The van der Waals surface area contributed by atoms with E-state index in [1.54, 1.807) is 6.92 Å². The fourth-order valence-electron chi connectivity index (χ4n) is 8.05. The van der Waals surface area contributed by atoms with Gasteiger partial charge in [-0.2, -0.15) is 0 Å². The number of hydrogen-bond donors (Lipinski definition) is 5. The Morgan fingerprint density at radius 1 is 0.963 bits per heavy atom. The summed E-state index contributed by atoms with van der Waals surface area (Å²) >= 11 is 0. The number of ketones is 1. The van der Waals surface area contributed by atoms with Crippen LogP contribution in [0.3, 0.4) is 0 Å². The zero-order valence-corrected chi connectivity index (χ0v) is 16.6. The second-order valence-electron chi connectivity index (χ2n) is 10.4. The third-order valence-corrected chi connectivity index (χ3v) is 9.45. The molecule has 6 heteroatoms. The third kappa shape index (κ3) is 2.11. The lowest BCUT2D eigenvalue weighted by Gasteiger charge is -2.67. The molecule has 0 aliphatic heterocycles. The number of carbonyl (C=O) groups excluding carboxylic acids is 1. The highest BCUT2D eigenvalue weighted by atomic mass is 16.4. The summed E-state index contributed by atoms with van der Waals surface area (Å²) in [5.41, 5.74) is -4.79. The van der Waals surface area contributed by atoms with Crippen LogP contribution in [0.4, 0.5) is 0 Å². The van der Waals surface area contributed by atoms with Gasteiger partial charge in [0.2, 0.25) is 0 Å². The molecule has 0 aromatic rings. The van der Waals surface area contributed by atoms with Crippen molar-refractivity contribution in [2.24, 2.45) is 28.6 Å². The van der Waals surface area contributed by atoms with E-state index in [2.05, 4.69) is 6.92 Å². The summed E-state index contributed by atoms with van der Waals surface area (Å²) in [7, 11) is 0. The van der Waals surface area contributed by atoms with E-state index >= 15 is 0 Å². The zero-order chi connectivity index (χ0) is 20.0. The van der Waals surface area contributed by atoms with Crippen LogP contribution in [-0.4, -0.2) is 60.8 Å². The molecule has 4 fully saturated rings. The number of carbonyl (C=O) groups is 1. The highest BCUT2D eigenvalue weighted by Gasteiger charge is 2.79. The molecule has 4 rings (SSSR count). The Balaban J connectivity index is 1.81. The molecule has 0 bridgehead atoms. The summed E-state index contributed by atoms with van der Waals surface area (Å²) in [6, 6.07) is 0. The topological polar surface area (TPSA) is 118 Å². The lowest BCUT2D eigenvalue weighted by Crippen LogP contribution is -2.76. The molecule has 0 aromatic carbocycles. The summed E-state index contributed by atoms with van der Waals surface area (Å²) in [5, 5.41) is 55.5. The molecule has 0 radical (unpaired) electrons. The molecule has 4 saturated carbocycles. The molecule has 4 aliphatic carbocycles. The Labute approximate surface area is 160 Å². The lowest BCUT2D eigenvalue weighted by atomic mass is 9.41.